The molecule has 0 aliphatic heterocycles. The van der Waals surface area contributed by atoms with Crippen molar-refractivity contribution < 1.29 is 22.7 Å². The maximum atomic E-state index is 14.4. The Morgan fingerprint density at radius 2 is 1.70 bits per heavy atom. The van der Waals surface area contributed by atoms with Crippen LogP contribution in [-0.4, -0.2) is 21.1 Å². The van der Waals surface area contributed by atoms with E-state index in [9.17, 15) is 22.7 Å². The van der Waals surface area contributed by atoms with E-state index in [4.69, 9.17) is 0 Å². The average Bonchev–Trinajstić information content (AvgIpc) is 3.14. The molecular weight excluding hydrogens is 396 g/mol. The molecule has 0 spiro atoms. The number of hydrogen-bond donors (Lipinski definition) is 1. The predicted octanol–water partition coefficient (Wildman–Crippen LogP) is 5.47. The van der Waals surface area contributed by atoms with Crippen LogP contribution in [0.25, 0.3) is 16.6 Å². The van der Waals surface area contributed by atoms with Crippen molar-refractivity contribution in [3.63, 3.8) is 0 Å². The Morgan fingerprint density at radius 1 is 0.967 bits per heavy atom. The first-order valence-electron chi connectivity index (χ1n) is 9.27. The van der Waals surface area contributed by atoms with Crippen LogP contribution in [-0.2, 0) is 12.0 Å². The van der Waals surface area contributed by atoms with Gasteiger partial charge in [0.15, 0.2) is 5.60 Å². The van der Waals surface area contributed by atoms with Gasteiger partial charge in [-0.05, 0) is 47.9 Å². The molecule has 1 heterocycles. The molecule has 3 aromatic carbocycles. The fraction of sp³-hybridized carbons (Fsp3) is 0.174. The van der Waals surface area contributed by atoms with Gasteiger partial charge in [-0.3, -0.25) is 0 Å². The van der Waals surface area contributed by atoms with Gasteiger partial charge in [0.25, 0.3) is 0 Å². The quantitative estimate of drug-likeness (QED) is 0.450. The fourth-order valence-electron chi connectivity index (χ4n) is 3.55. The van der Waals surface area contributed by atoms with Crippen LogP contribution in [0.2, 0.25) is 0 Å². The topological polar surface area (TPSA) is 38.1 Å². The summed E-state index contributed by atoms with van der Waals surface area (Å²) in [4.78, 5) is 0. The monoisotopic (exact) mass is 414 g/mol. The van der Waals surface area contributed by atoms with Crippen molar-refractivity contribution in [1.82, 2.24) is 9.78 Å². The fourth-order valence-corrected chi connectivity index (χ4v) is 3.55. The van der Waals surface area contributed by atoms with Crippen molar-refractivity contribution in [2.24, 2.45) is 0 Å². The lowest BCUT2D eigenvalue weighted by Crippen LogP contribution is -2.44. The van der Waals surface area contributed by atoms with Gasteiger partial charge in [-0.25, -0.2) is 9.07 Å². The molecule has 4 rings (SSSR count). The van der Waals surface area contributed by atoms with Gasteiger partial charge < -0.3 is 5.11 Å². The number of fused-ring (bicyclic) bond motifs is 1. The van der Waals surface area contributed by atoms with E-state index < -0.39 is 24.0 Å². The lowest BCUT2D eigenvalue weighted by atomic mass is 9.85. The van der Waals surface area contributed by atoms with Crippen LogP contribution in [0.4, 0.5) is 17.6 Å². The Bertz CT molecular complexity index is 1200. The minimum atomic E-state index is -5.01. The van der Waals surface area contributed by atoms with Crippen LogP contribution in [0, 0.1) is 12.7 Å². The van der Waals surface area contributed by atoms with Crippen LogP contribution in [0.15, 0.2) is 72.9 Å². The van der Waals surface area contributed by atoms with Gasteiger partial charge in [-0.15, -0.1) is 0 Å². The second-order valence-corrected chi connectivity index (χ2v) is 7.25. The molecule has 0 saturated carbocycles. The molecule has 0 bridgehead atoms. The van der Waals surface area contributed by atoms with E-state index in [-0.39, 0.29) is 16.7 Å². The third kappa shape index (κ3) is 3.35. The molecule has 0 aliphatic rings. The third-order valence-corrected chi connectivity index (χ3v) is 5.23. The maximum absolute atomic E-state index is 14.4. The maximum Gasteiger partial charge on any atom is 0.421 e. The normalized spacial score (nSPS) is 14.1. The van der Waals surface area contributed by atoms with Crippen LogP contribution in [0.5, 0.6) is 0 Å². The molecule has 0 amide bonds. The highest BCUT2D eigenvalue weighted by Gasteiger charge is 2.55. The second kappa shape index (κ2) is 7.25. The van der Waals surface area contributed by atoms with Gasteiger partial charge in [-0.2, -0.15) is 18.3 Å². The number of halogens is 4. The van der Waals surface area contributed by atoms with Gasteiger partial charge in [0, 0.05) is 11.8 Å². The van der Waals surface area contributed by atoms with E-state index in [0.29, 0.717) is 10.9 Å². The number of aromatic nitrogens is 2. The first kappa shape index (κ1) is 20.1. The SMILES string of the molecule is Cc1cccc(CC(O)(c2ccc3c(cnn3-c3ccccc3)c2)C(F)(F)F)c1F. The Kier molecular flexibility index (Phi) is 4.86. The molecule has 1 atom stereocenters. The molecule has 0 fully saturated rings. The minimum Gasteiger partial charge on any atom is -0.376 e. The molecule has 154 valence electrons. The molecule has 0 aliphatic carbocycles. The summed E-state index contributed by atoms with van der Waals surface area (Å²) in [5, 5.41) is 15.4. The molecule has 0 radical (unpaired) electrons. The molecule has 4 aromatic rings. The summed E-state index contributed by atoms with van der Waals surface area (Å²) in [5.74, 6) is -0.752. The standard InChI is InChI=1S/C23H18F4N2O/c1-15-6-5-7-16(21(15)24)13-22(30,23(25,26)27)18-10-11-20-17(12-18)14-28-29(20)19-8-3-2-4-9-19/h2-12,14,30H,13H2,1H3. The first-order valence-corrected chi connectivity index (χ1v) is 9.27. The average molecular weight is 414 g/mol. The van der Waals surface area contributed by atoms with Gasteiger partial charge in [-0.1, -0.05) is 42.5 Å². The van der Waals surface area contributed by atoms with Crippen molar-refractivity contribution in [2.45, 2.75) is 25.1 Å². The Labute approximate surface area is 170 Å². The first-order chi connectivity index (χ1) is 14.2. The number of aryl methyl sites for hydroxylation is 1. The van der Waals surface area contributed by atoms with Crippen molar-refractivity contribution in [3.05, 3.63) is 95.4 Å². The van der Waals surface area contributed by atoms with Gasteiger partial charge in [0.1, 0.15) is 5.82 Å². The van der Waals surface area contributed by atoms with Gasteiger partial charge in [0.2, 0.25) is 0 Å². The zero-order valence-electron chi connectivity index (χ0n) is 16.0. The van der Waals surface area contributed by atoms with Gasteiger partial charge >= 0.3 is 6.18 Å². The number of benzene rings is 3. The smallest absolute Gasteiger partial charge is 0.376 e. The van der Waals surface area contributed by atoms with E-state index in [2.05, 4.69) is 5.10 Å². The Morgan fingerprint density at radius 3 is 2.40 bits per heavy atom. The van der Waals surface area contributed by atoms with Crippen molar-refractivity contribution in [2.75, 3.05) is 0 Å². The third-order valence-electron chi connectivity index (χ3n) is 5.23. The van der Waals surface area contributed by atoms with Crippen molar-refractivity contribution in [3.8, 4) is 5.69 Å². The highest BCUT2D eigenvalue weighted by atomic mass is 19.4. The Balaban J connectivity index is 1.81. The number of rotatable bonds is 4. The molecule has 1 unspecified atom stereocenters. The lowest BCUT2D eigenvalue weighted by molar-refractivity contribution is -0.266. The zero-order valence-corrected chi connectivity index (χ0v) is 16.0. The van der Waals surface area contributed by atoms with Crippen molar-refractivity contribution in [1.29, 1.82) is 0 Å². The van der Waals surface area contributed by atoms with Crippen molar-refractivity contribution >= 4 is 10.9 Å². The van der Waals surface area contributed by atoms with Gasteiger partial charge in [0.05, 0.1) is 17.4 Å². The summed E-state index contributed by atoms with van der Waals surface area (Å²) < 4.78 is 57.9. The summed E-state index contributed by atoms with van der Waals surface area (Å²) in [7, 11) is 0. The predicted molar refractivity (Wildman–Crippen MR) is 106 cm³/mol. The highest BCUT2D eigenvalue weighted by molar-refractivity contribution is 5.81. The van der Waals surface area contributed by atoms with E-state index in [1.54, 1.807) is 4.68 Å². The van der Waals surface area contributed by atoms with Crippen LogP contribution < -0.4 is 0 Å². The molecule has 1 N–H and O–H groups in total. The van der Waals surface area contributed by atoms with Crippen LogP contribution in [0.3, 0.4) is 0 Å². The molecule has 3 nitrogen and oxygen atoms in total. The molecule has 30 heavy (non-hydrogen) atoms. The molecule has 0 saturated heterocycles. The highest BCUT2D eigenvalue weighted by Crippen LogP contribution is 2.43. The molecule has 1 aromatic heterocycles. The summed E-state index contributed by atoms with van der Waals surface area (Å²) in [5.41, 5.74) is -2.24. The summed E-state index contributed by atoms with van der Waals surface area (Å²) in [6.07, 6.45) is -4.50. The summed E-state index contributed by atoms with van der Waals surface area (Å²) in [6.45, 7) is 1.47. The Hall–Kier alpha value is -3.19. The van der Waals surface area contributed by atoms with E-state index >= 15 is 0 Å². The summed E-state index contributed by atoms with van der Waals surface area (Å²) in [6, 6.07) is 17.3. The zero-order chi connectivity index (χ0) is 21.5. The lowest BCUT2D eigenvalue weighted by Gasteiger charge is -2.31. The minimum absolute atomic E-state index is 0.199. The molecular formula is C23H18F4N2O. The van der Waals surface area contributed by atoms with Crippen LogP contribution >= 0.6 is 0 Å². The number of aliphatic hydroxyl groups is 1. The number of alkyl halides is 3. The number of nitrogens with zero attached hydrogens (tertiary/aromatic N) is 2. The largest absolute Gasteiger partial charge is 0.421 e. The van der Waals surface area contributed by atoms with Crippen LogP contribution in [0.1, 0.15) is 16.7 Å². The summed E-state index contributed by atoms with van der Waals surface area (Å²) >= 11 is 0. The number of hydrogen-bond acceptors (Lipinski definition) is 2. The van der Waals surface area contributed by atoms with E-state index in [1.807, 2.05) is 30.3 Å². The number of para-hydroxylation sites is 1. The second-order valence-electron chi connectivity index (χ2n) is 7.25. The van der Waals surface area contributed by atoms with E-state index in [0.717, 1.165) is 5.69 Å². The molecule has 7 heteroatoms. The van der Waals surface area contributed by atoms with E-state index in [1.165, 1.54) is 49.5 Å².